The van der Waals surface area contributed by atoms with E-state index in [2.05, 4.69) is 42.1 Å². The Bertz CT molecular complexity index is 784. The van der Waals surface area contributed by atoms with E-state index in [1.807, 2.05) is 34.9 Å². The van der Waals surface area contributed by atoms with E-state index in [0.717, 1.165) is 18.4 Å². The molecule has 0 aliphatic rings. The van der Waals surface area contributed by atoms with Gasteiger partial charge in [0.15, 0.2) is 16.6 Å². The molecule has 20 heavy (non-hydrogen) atoms. The number of pyridine rings is 1. The molecule has 3 aromatic rings. The van der Waals surface area contributed by atoms with Crippen LogP contribution in [0.5, 0.6) is 0 Å². The molecule has 0 saturated carbocycles. The summed E-state index contributed by atoms with van der Waals surface area (Å²) >= 11 is 9.66. The zero-order chi connectivity index (χ0) is 14.1. The molecule has 0 spiro atoms. The molecule has 0 amide bonds. The zero-order valence-corrected chi connectivity index (χ0v) is 14.7. The Morgan fingerprint density at radius 2 is 2.20 bits per heavy atom. The number of carbonyl (C=O) groups is 1. The van der Waals surface area contributed by atoms with Crippen molar-refractivity contribution < 1.29 is 4.79 Å². The van der Waals surface area contributed by atoms with Crippen molar-refractivity contribution in [1.29, 1.82) is 0 Å². The number of hydrogen-bond donors (Lipinski definition) is 0. The van der Waals surface area contributed by atoms with Gasteiger partial charge in [0.1, 0.15) is 0 Å². The number of hydrogen-bond acceptors (Lipinski definition) is 5. The van der Waals surface area contributed by atoms with Crippen LogP contribution in [-0.4, -0.2) is 26.1 Å². The van der Waals surface area contributed by atoms with Crippen molar-refractivity contribution in [2.75, 3.05) is 5.75 Å². The SMILES string of the molecule is O=C(CSc1nnc2ccccn12)c1cc(Br)sc1Br. The quantitative estimate of drug-likeness (QED) is 0.455. The molecular formula is C12H7Br2N3OS2. The molecule has 3 heterocycles. The molecule has 3 rings (SSSR count). The van der Waals surface area contributed by atoms with E-state index in [9.17, 15) is 4.79 Å². The summed E-state index contributed by atoms with van der Waals surface area (Å²) in [5.41, 5.74) is 1.48. The smallest absolute Gasteiger partial charge is 0.196 e. The summed E-state index contributed by atoms with van der Waals surface area (Å²) in [6.07, 6.45) is 1.89. The van der Waals surface area contributed by atoms with E-state index in [-0.39, 0.29) is 5.78 Å². The third-order valence-corrected chi connectivity index (χ3v) is 5.85. The van der Waals surface area contributed by atoms with Crippen LogP contribution in [0.2, 0.25) is 0 Å². The molecule has 0 N–H and O–H groups in total. The maximum Gasteiger partial charge on any atom is 0.196 e. The van der Waals surface area contributed by atoms with Crippen LogP contribution in [0.3, 0.4) is 0 Å². The summed E-state index contributed by atoms with van der Waals surface area (Å²) in [6.45, 7) is 0. The highest BCUT2D eigenvalue weighted by Gasteiger charge is 2.15. The van der Waals surface area contributed by atoms with E-state index in [1.165, 1.54) is 23.1 Å². The average molecular weight is 433 g/mol. The van der Waals surface area contributed by atoms with Gasteiger partial charge in [-0.1, -0.05) is 17.8 Å². The summed E-state index contributed by atoms with van der Waals surface area (Å²) < 4.78 is 3.66. The van der Waals surface area contributed by atoms with Gasteiger partial charge in [-0.25, -0.2) is 0 Å². The molecule has 0 aromatic carbocycles. The molecule has 102 valence electrons. The molecule has 0 aliphatic heterocycles. The predicted molar refractivity (Wildman–Crippen MR) is 87.8 cm³/mol. The van der Waals surface area contributed by atoms with Gasteiger partial charge in [0.05, 0.1) is 13.3 Å². The van der Waals surface area contributed by atoms with Crippen molar-refractivity contribution in [1.82, 2.24) is 14.6 Å². The van der Waals surface area contributed by atoms with Crippen molar-refractivity contribution in [3.63, 3.8) is 0 Å². The van der Waals surface area contributed by atoms with Crippen LogP contribution in [0.25, 0.3) is 5.65 Å². The summed E-state index contributed by atoms with van der Waals surface area (Å²) in [6, 6.07) is 7.53. The van der Waals surface area contributed by atoms with Gasteiger partial charge in [-0.15, -0.1) is 21.5 Å². The van der Waals surface area contributed by atoms with E-state index >= 15 is 0 Å². The van der Waals surface area contributed by atoms with Gasteiger partial charge in [-0.3, -0.25) is 9.20 Å². The Kier molecular flexibility index (Phi) is 4.25. The first kappa shape index (κ1) is 14.2. The van der Waals surface area contributed by atoms with Gasteiger partial charge in [-0.05, 0) is 50.1 Å². The van der Waals surface area contributed by atoms with Crippen molar-refractivity contribution in [3.8, 4) is 0 Å². The zero-order valence-electron chi connectivity index (χ0n) is 9.92. The fourth-order valence-electron chi connectivity index (χ4n) is 1.66. The molecule has 0 atom stereocenters. The number of aromatic nitrogens is 3. The standard InChI is InChI=1S/C12H7Br2N3OS2/c13-9-5-7(11(14)20-9)8(18)6-19-12-16-15-10-3-1-2-4-17(10)12/h1-5H,6H2. The van der Waals surface area contributed by atoms with Crippen LogP contribution in [0.1, 0.15) is 10.4 Å². The second-order valence-electron chi connectivity index (χ2n) is 3.86. The number of fused-ring (bicyclic) bond motifs is 1. The minimum atomic E-state index is 0.0662. The van der Waals surface area contributed by atoms with E-state index in [0.29, 0.717) is 11.3 Å². The lowest BCUT2D eigenvalue weighted by molar-refractivity contribution is 0.102. The Hall–Kier alpha value is -0.700. The number of halogens is 2. The number of rotatable bonds is 4. The minimum Gasteiger partial charge on any atom is -0.293 e. The maximum absolute atomic E-state index is 12.2. The topological polar surface area (TPSA) is 47.3 Å². The van der Waals surface area contributed by atoms with Crippen LogP contribution in [0, 0.1) is 0 Å². The van der Waals surface area contributed by atoms with E-state index < -0.39 is 0 Å². The van der Waals surface area contributed by atoms with Crippen LogP contribution >= 0.6 is 55.0 Å². The Labute approximate surface area is 139 Å². The monoisotopic (exact) mass is 431 g/mol. The highest BCUT2D eigenvalue weighted by Crippen LogP contribution is 2.33. The van der Waals surface area contributed by atoms with Crippen LogP contribution in [-0.2, 0) is 0 Å². The molecule has 8 heteroatoms. The van der Waals surface area contributed by atoms with Crippen molar-refractivity contribution in [3.05, 3.63) is 43.6 Å². The van der Waals surface area contributed by atoms with Crippen molar-refractivity contribution in [2.24, 2.45) is 0 Å². The van der Waals surface area contributed by atoms with Gasteiger partial charge in [0, 0.05) is 11.8 Å². The van der Waals surface area contributed by atoms with Crippen LogP contribution in [0.4, 0.5) is 0 Å². The van der Waals surface area contributed by atoms with Gasteiger partial charge in [-0.2, -0.15) is 0 Å². The fraction of sp³-hybridized carbons (Fsp3) is 0.0833. The fourth-order valence-corrected chi connectivity index (χ4v) is 5.32. The highest BCUT2D eigenvalue weighted by atomic mass is 79.9. The highest BCUT2D eigenvalue weighted by molar-refractivity contribution is 9.12. The summed E-state index contributed by atoms with van der Waals surface area (Å²) in [5.74, 6) is 0.397. The Morgan fingerprint density at radius 3 is 2.95 bits per heavy atom. The molecule has 3 aromatic heterocycles. The maximum atomic E-state index is 12.2. The Balaban J connectivity index is 1.76. The van der Waals surface area contributed by atoms with Gasteiger partial charge >= 0.3 is 0 Å². The number of Topliss-reactive ketones (excluding diaryl/α,β-unsaturated/α-hetero) is 1. The van der Waals surface area contributed by atoms with E-state index in [1.54, 1.807) is 0 Å². The molecule has 0 unspecified atom stereocenters. The number of ketones is 1. The normalized spacial score (nSPS) is 11.1. The lowest BCUT2D eigenvalue weighted by Crippen LogP contribution is -2.02. The number of nitrogens with zero attached hydrogens (tertiary/aromatic N) is 3. The second-order valence-corrected chi connectivity index (χ2v) is 8.55. The molecule has 4 nitrogen and oxygen atoms in total. The van der Waals surface area contributed by atoms with Crippen LogP contribution < -0.4 is 0 Å². The molecule has 0 radical (unpaired) electrons. The average Bonchev–Trinajstić information content (AvgIpc) is 2.99. The van der Waals surface area contributed by atoms with E-state index in [4.69, 9.17) is 0 Å². The summed E-state index contributed by atoms with van der Waals surface area (Å²) in [7, 11) is 0. The predicted octanol–water partition coefficient (Wildman–Crippen LogP) is 4.29. The first-order valence-electron chi connectivity index (χ1n) is 5.56. The largest absolute Gasteiger partial charge is 0.293 e. The third kappa shape index (κ3) is 2.83. The lowest BCUT2D eigenvalue weighted by atomic mass is 10.2. The second kappa shape index (κ2) is 5.97. The van der Waals surface area contributed by atoms with Gasteiger partial charge in [0.25, 0.3) is 0 Å². The number of carbonyl (C=O) groups excluding carboxylic acids is 1. The third-order valence-electron chi connectivity index (χ3n) is 2.57. The minimum absolute atomic E-state index is 0.0662. The number of thioether (sulfide) groups is 1. The molecule has 0 fully saturated rings. The van der Waals surface area contributed by atoms with Crippen molar-refractivity contribution >= 4 is 66.4 Å². The molecule has 0 saturated heterocycles. The Morgan fingerprint density at radius 1 is 1.35 bits per heavy atom. The first-order valence-corrected chi connectivity index (χ1v) is 8.94. The molecular weight excluding hydrogens is 426 g/mol. The summed E-state index contributed by atoms with van der Waals surface area (Å²) in [4.78, 5) is 12.2. The lowest BCUT2D eigenvalue weighted by Gasteiger charge is -1.99. The summed E-state index contributed by atoms with van der Waals surface area (Å²) in [5, 5.41) is 8.87. The van der Waals surface area contributed by atoms with Gasteiger partial charge < -0.3 is 0 Å². The first-order chi connectivity index (χ1) is 9.65. The molecule has 0 aliphatic carbocycles. The van der Waals surface area contributed by atoms with Crippen molar-refractivity contribution in [2.45, 2.75) is 5.16 Å². The van der Waals surface area contributed by atoms with Gasteiger partial charge in [0.2, 0.25) is 0 Å². The molecule has 0 bridgehead atoms. The van der Waals surface area contributed by atoms with Crippen LogP contribution in [0.15, 0.2) is 43.2 Å². The number of thiophene rings is 1.